The van der Waals surface area contributed by atoms with E-state index >= 15 is 0 Å². The van der Waals surface area contributed by atoms with Crippen LogP contribution in [0.4, 0.5) is 18.9 Å². The second-order valence-electron chi connectivity index (χ2n) is 7.33. The Morgan fingerprint density at radius 2 is 1.93 bits per heavy atom. The average molecular weight is 411 g/mol. The van der Waals surface area contributed by atoms with Crippen LogP contribution in [0.15, 0.2) is 42.5 Å². The largest absolute Gasteiger partial charge is 0.416 e. The van der Waals surface area contributed by atoms with Crippen LogP contribution in [0.3, 0.4) is 0 Å². The highest BCUT2D eigenvalue weighted by Crippen LogP contribution is 2.34. The SMILES string of the molecule is CC1CCCN(Cc2ccc(C(=O)Nc3cc(C(F)(F)F)ccc3Cl)cc2)C1. The molecule has 1 unspecified atom stereocenters. The maximum absolute atomic E-state index is 12.9. The Bertz CT molecular complexity index is 837. The van der Waals surface area contributed by atoms with Gasteiger partial charge in [0.05, 0.1) is 16.3 Å². The first-order valence-corrected chi connectivity index (χ1v) is 9.59. The van der Waals surface area contributed by atoms with Gasteiger partial charge in [0.15, 0.2) is 0 Å². The number of carbonyl (C=O) groups is 1. The smallest absolute Gasteiger partial charge is 0.321 e. The summed E-state index contributed by atoms with van der Waals surface area (Å²) in [4.78, 5) is 14.8. The van der Waals surface area contributed by atoms with E-state index in [4.69, 9.17) is 11.6 Å². The number of nitrogens with one attached hydrogen (secondary N) is 1. The first-order valence-electron chi connectivity index (χ1n) is 9.22. The first kappa shape index (κ1) is 20.7. The normalized spacial score (nSPS) is 18.1. The van der Waals surface area contributed by atoms with Gasteiger partial charge in [-0.15, -0.1) is 0 Å². The lowest BCUT2D eigenvalue weighted by molar-refractivity contribution is -0.137. The molecule has 0 spiro atoms. The number of carbonyl (C=O) groups excluding carboxylic acids is 1. The third kappa shape index (κ3) is 5.26. The van der Waals surface area contributed by atoms with E-state index in [1.165, 1.54) is 12.8 Å². The van der Waals surface area contributed by atoms with Gasteiger partial charge in [-0.05, 0) is 61.2 Å². The Balaban J connectivity index is 1.66. The number of piperidine rings is 1. The predicted octanol–water partition coefficient (Wildman–Crippen LogP) is 5.84. The molecule has 3 nitrogen and oxygen atoms in total. The number of hydrogen-bond donors (Lipinski definition) is 1. The molecule has 0 bridgehead atoms. The van der Waals surface area contributed by atoms with Crippen LogP contribution in [0.1, 0.15) is 41.3 Å². The van der Waals surface area contributed by atoms with Crippen LogP contribution in [0.25, 0.3) is 0 Å². The monoisotopic (exact) mass is 410 g/mol. The lowest BCUT2D eigenvalue weighted by Gasteiger charge is -2.30. The van der Waals surface area contributed by atoms with Gasteiger partial charge >= 0.3 is 6.18 Å². The molecule has 0 saturated carbocycles. The summed E-state index contributed by atoms with van der Waals surface area (Å²) in [6.45, 7) is 5.21. The lowest BCUT2D eigenvalue weighted by atomic mass is 9.99. The molecule has 150 valence electrons. The van der Waals surface area contributed by atoms with Crippen molar-refractivity contribution in [2.24, 2.45) is 5.92 Å². The van der Waals surface area contributed by atoms with Crippen molar-refractivity contribution in [3.8, 4) is 0 Å². The van der Waals surface area contributed by atoms with E-state index in [-0.39, 0.29) is 10.7 Å². The van der Waals surface area contributed by atoms with Gasteiger partial charge in [0.1, 0.15) is 0 Å². The quantitative estimate of drug-likeness (QED) is 0.686. The molecule has 1 saturated heterocycles. The predicted molar refractivity (Wildman–Crippen MR) is 105 cm³/mol. The zero-order valence-electron chi connectivity index (χ0n) is 15.5. The van der Waals surface area contributed by atoms with Crippen LogP contribution in [0.2, 0.25) is 5.02 Å². The molecule has 1 fully saturated rings. The highest BCUT2D eigenvalue weighted by molar-refractivity contribution is 6.34. The molecule has 1 aliphatic rings. The Labute approximate surface area is 167 Å². The van der Waals surface area contributed by atoms with Gasteiger partial charge in [-0.25, -0.2) is 0 Å². The van der Waals surface area contributed by atoms with E-state index < -0.39 is 17.6 Å². The molecule has 1 heterocycles. The molecular weight excluding hydrogens is 389 g/mol. The van der Waals surface area contributed by atoms with Gasteiger partial charge in [0, 0.05) is 18.7 Å². The molecule has 0 aromatic heterocycles. The molecule has 7 heteroatoms. The van der Waals surface area contributed by atoms with E-state index in [1.54, 1.807) is 12.1 Å². The first-order chi connectivity index (χ1) is 13.2. The molecule has 1 N–H and O–H groups in total. The highest BCUT2D eigenvalue weighted by atomic mass is 35.5. The fraction of sp³-hybridized carbons (Fsp3) is 0.381. The Morgan fingerprint density at radius 3 is 2.57 bits per heavy atom. The molecule has 1 amide bonds. The molecule has 1 atom stereocenters. The Morgan fingerprint density at radius 1 is 1.21 bits per heavy atom. The second-order valence-corrected chi connectivity index (χ2v) is 7.73. The molecule has 2 aromatic carbocycles. The number of alkyl halides is 3. The van der Waals surface area contributed by atoms with Crippen molar-refractivity contribution in [3.05, 3.63) is 64.2 Å². The summed E-state index contributed by atoms with van der Waals surface area (Å²) in [5.74, 6) is 0.190. The molecule has 1 aliphatic heterocycles. The van der Waals surface area contributed by atoms with Crippen LogP contribution in [-0.4, -0.2) is 23.9 Å². The van der Waals surface area contributed by atoms with E-state index in [2.05, 4.69) is 17.1 Å². The van der Waals surface area contributed by atoms with Crippen molar-refractivity contribution in [1.82, 2.24) is 4.90 Å². The molecule has 2 aromatic rings. The van der Waals surface area contributed by atoms with Gasteiger partial charge in [-0.3, -0.25) is 9.69 Å². The van der Waals surface area contributed by atoms with Gasteiger partial charge in [0.25, 0.3) is 5.91 Å². The standard InChI is InChI=1S/C21H22ClF3N2O/c1-14-3-2-10-27(12-14)13-15-4-6-16(7-5-15)20(28)26-19-11-17(21(23,24)25)8-9-18(19)22/h4-9,11,14H,2-3,10,12-13H2,1H3,(H,26,28). The molecule has 0 radical (unpaired) electrons. The van der Waals surface area contributed by atoms with E-state index in [9.17, 15) is 18.0 Å². The minimum Gasteiger partial charge on any atom is -0.321 e. The third-order valence-electron chi connectivity index (χ3n) is 4.91. The fourth-order valence-corrected chi connectivity index (χ4v) is 3.61. The second kappa shape index (κ2) is 8.53. The summed E-state index contributed by atoms with van der Waals surface area (Å²) in [6.07, 6.45) is -2.05. The minimum absolute atomic E-state index is 0.0530. The van der Waals surface area contributed by atoms with Crippen molar-refractivity contribution in [2.45, 2.75) is 32.5 Å². The summed E-state index contributed by atoms with van der Waals surface area (Å²) in [7, 11) is 0. The van der Waals surface area contributed by atoms with Gasteiger partial charge < -0.3 is 5.32 Å². The Hall–Kier alpha value is -2.05. The third-order valence-corrected chi connectivity index (χ3v) is 5.23. The number of anilines is 1. The maximum atomic E-state index is 12.9. The van der Waals surface area contributed by atoms with Gasteiger partial charge in [-0.2, -0.15) is 13.2 Å². The molecule has 3 rings (SSSR count). The minimum atomic E-state index is -4.50. The van der Waals surface area contributed by atoms with Crippen LogP contribution in [0, 0.1) is 5.92 Å². The number of hydrogen-bond acceptors (Lipinski definition) is 2. The summed E-state index contributed by atoms with van der Waals surface area (Å²) < 4.78 is 38.6. The van der Waals surface area contributed by atoms with Crippen molar-refractivity contribution in [3.63, 3.8) is 0 Å². The van der Waals surface area contributed by atoms with Crippen molar-refractivity contribution in [2.75, 3.05) is 18.4 Å². The number of rotatable bonds is 4. The van der Waals surface area contributed by atoms with Gasteiger partial charge in [0.2, 0.25) is 0 Å². The topological polar surface area (TPSA) is 32.3 Å². The van der Waals surface area contributed by atoms with Crippen LogP contribution in [0.5, 0.6) is 0 Å². The number of benzene rings is 2. The molecule has 28 heavy (non-hydrogen) atoms. The number of amides is 1. The zero-order chi connectivity index (χ0) is 20.3. The summed E-state index contributed by atoms with van der Waals surface area (Å²) >= 11 is 5.94. The van der Waals surface area contributed by atoms with Crippen LogP contribution in [-0.2, 0) is 12.7 Å². The van der Waals surface area contributed by atoms with Crippen molar-refractivity contribution < 1.29 is 18.0 Å². The maximum Gasteiger partial charge on any atom is 0.416 e. The van der Waals surface area contributed by atoms with Crippen molar-refractivity contribution >= 4 is 23.2 Å². The van der Waals surface area contributed by atoms with Crippen molar-refractivity contribution in [1.29, 1.82) is 0 Å². The van der Waals surface area contributed by atoms with E-state index in [0.29, 0.717) is 11.5 Å². The highest BCUT2D eigenvalue weighted by Gasteiger charge is 2.31. The summed E-state index contributed by atoms with van der Waals surface area (Å²) in [5, 5.41) is 2.52. The molecule has 0 aliphatic carbocycles. The molecular formula is C21H22ClF3N2O. The lowest BCUT2D eigenvalue weighted by Crippen LogP contribution is -2.33. The van der Waals surface area contributed by atoms with E-state index in [0.717, 1.165) is 43.4 Å². The zero-order valence-corrected chi connectivity index (χ0v) is 16.3. The average Bonchev–Trinajstić information content (AvgIpc) is 2.63. The summed E-state index contributed by atoms with van der Waals surface area (Å²) in [6, 6.07) is 9.96. The Kier molecular flexibility index (Phi) is 6.30. The fourth-order valence-electron chi connectivity index (χ4n) is 3.44. The van der Waals surface area contributed by atoms with Crippen LogP contribution < -0.4 is 5.32 Å². The van der Waals surface area contributed by atoms with Crippen LogP contribution >= 0.6 is 11.6 Å². The number of likely N-dealkylation sites (tertiary alicyclic amines) is 1. The number of halogens is 4. The number of nitrogens with zero attached hydrogens (tertiary/aromatic N) is 1. The van der Waals surface area contributed by atoms with Gasteiger partial charge in [-0.1, -0.05) is 30.7 Å². The summed E-state index contributed by atoms with van der Waals surface area (Å²) in [5.41, 5.74) is 0.540. The van der Waals surface area contributed by atoms with E-state index in [1.807, 2.05) is 12.1 Å².